The van der Waals surface area contributed by atoms with E-state index in [9.17, 15) is 0 Å². The van der Waals surface area contributed by atoms with Crippen molar-refractivity contribution in [2.75, 3.05) is 0 Å². The molecule has 0 atom stereocenters. The van der Waals surface area contributed by atoms with Crippen LogP contribution in [0.3, 0.4) is 0 Å². The maximum absolute atomic E-state index is 4.99. The van der Waals surface area contributed by atoms with Crippen molar-refractivity contribution in [2.45, 2.75) is 0 Å². The molecule has 0 spiro atoms. The summed E-state index contributed by atoms with van der Waals surface area (Å²) in [6, 6.07) is 28.7. The summed E-state index contributed by atoms with van der Waals surface area (Å²) in [6.45, 7) is 0. The van der Waals surface area contributed by atoms with Crippen LogP contribution in [0.5, 0.6) is 0 Å². The summed E-state index contributed by atoms with van der Waals surface area (Å²) < 4.78 is 2.15. The lowest BCUT2D eigenvalue weighted by Gasteiger charge is -2.06. The maximum atomic E-state index is 4.99. The first-order valence-electron chi connectivity index (χ1n) is 9.07. The first-order valence-corrected chi connectivity index (χ1v) is 9.89. The quantitative estimate of drug-likeness (QED) is 0.381. The van der Waals surface area contributed by atoms with Gasteiger partial charge in [0.2, 0.25) is 0 Å². The van der Waals surface area contributed by atoms with Crippen LogP contribution in [0.15, 0.2) is 84.9 Å². The van der Waals surface area contributed by atoms with Crippen molar-refractivity contribution in [3.05, 3.63) is 84.9 Å². The highest BCUT2D eigenvalue weighted by Gasteiger charge is 2.21. The Morgan fingerprint density at radius 2 is 1.21 bits per heavy atom. The van der Waals surface area contributed by atoms with Crippen molar-refractivity contribution in [3.63, 3.8) is 0 Å². The number of imidazole rings is 1. The van der Waals surface area contributed by atoms with Gasteiger partial charge in [-0.05, 0) is 12.1 Å². The van der Waals surface area contributed by atoms with Crippen molar-refractivity contribution < 1.29 is 0 Å². The van der Waals surface area contributed by atoms with Crippen LogP contribution >= 0.6 is 11.3 Å². The molecule has 0 aliphatic carbocycles. The van der Waals surface area contributed by atoms with Crippen molar-refractivity contribution in [1.29, 1.82) is 0 Å². The Labute approximate surface area is 164 Å². The van der Waals surface area contributed by atoms with Gasteiger partial charge in [0, 0.05) is 11.1 Å². The number of thiazole rings is 1. The minimum atomic E-state index is 0.854. The summed E-state index contributed by atoms with van der Waals surface area (Å²) in [6.07, 6.45) is 0. The molecule has 5 heteroatoms. The lowest BCUT2D eigenvalue weighted by molar-refractivity contribution is 1.23. The minimum absolute atomic E-state index is 0.854. The number of rotatable bonds is 2. The van der Waals surface area contributed by atoms with Gasteiger partial charge in [0.1, 0.15) is 0 Å². The molecular weight excluding hydrogens is 364 g/mol. The molecule has 3 aromatic heterocycles. The average molecular weight is 378 g/mol. The molecule has 0 bridgehead atoms. The summed E-state index contributed by atoms with van der Waals surface area (Å²) in [4.78, 5) is 16.5. The number of benzene rings is 3. The molecule has 0 amide bonds. The van der Waals surface area contributed by atoms with E-state index in [2.05, 4.69) is 40.8 Å². The number of hydrogen-bond acceptors (Lipinski definition) is 4. The zero-order chi connectivity index (χ0) is 18.5. The third kappa shape index (κ3) is 2.27. The van der Waals surface area contributed by atoms with E-state index in [4.69, 9.17) is 15.0 Å². The largest absolute Gasteiger partial charge is 0.265 e. The van der Waals surface area contributed by atoms with Gasteiger partial charge in [-0.15, -0.1) is 0 Å². The second-order valence-corrected chi connectivity index (χ2v) is 7.56. The SMILES string of the molecule is c1ccc(-c2nc3sc4nc5ccccc5nc4n3c2-c2ccccc2)cc1. The molecule has 0 fully saturated rings. The predicted molar refractivity (Wildman–Crippen MR) is 115 cm³/mol. The Balaban J connectivity index is 1.77. The molecule has 0 unspecified atom stereocenters. The highest BCUT2D eigenvalue weighted by atomic mass is 32.1. The third-order valence-corrected chi connectivity index (χ3v) is 5.79. The fourth-order valence-electron chi connectivity index (χ4n) is 3.60. The molecule has 0 saturated heterocycles. The van der Waals surface area contributed by atoms with Crippen molar-refractivity contribution in [3.8, 4) is 22.5 Å². The predicted octanol–water partition coefficient (Wildman–Crippen LogP) is 5.83. The van der Waals surface area contributed by atoms with E-state index in [1.807, 2.05) is 48.5 Å². The van der Waals surface area contributed by atoms with Gasteiger partial charge in [0.25, 0.3) is 0 Å². The van der Waals surface area contributed by atoms with Gasteiger partial charge in [-0.2, -0.15) is 0 Å². The fraction of sp³-hybridized carbons (Fsp3) is 0. The van der Waals surface area contributed by atoms with E-state index in [1.54, 1.807) is 11.3 Å². The van der Waals surface area contributed by atoms with Crippen molar-refractivity contribution >= 4 is 37.8 Å². The number of hydrogen-bond donors (Lipinski definition) is 0. The molecule has 6 rings (SSSR count). The molecular formula is C23H14N4S. The number of fused-ring (bicyclic) bond motifs is 4. The number of aromatic nitrogens is 4. The van der Waals surface area contributed by atoms with Gasteiger partial charge in [-0.3, -0.25) is 4.40 Å². The van der Waals surface area contributed by atoms with E-state index in [0.29, 0.717) is 0 Å². The van der Waals surface area contributed by atoms with E-state index >= 15 is 0 Å². The molecule has 0 aliphatic rings. The molecule has 28 heavy (non-hydrogen) atoms. The fourth-order valence-corrected chi connectivity index (χ4v) is 4.55. The topological polar surface area (TPSA) is 43.1 Å². The summed E-state index contributed by atoms with van der Waals surface area (Å²) in [5, 5.41) is 0. The summed E-state index contributed by atoms with van der Waals surface area (Å²) in [5.74, 6) is 0. The number of para-hydroxylation sites is 2. The van der Waals surface area contributed by atoms with E-state index in [-0.39, 0.29) is 0 Å². The third-order valence-electron chi connectivity index (χ3n) is 4.86. The smallest absolute Gasteiger partial charge is 0.198 e. The normalized spacial score (nSPS) is 11.6. The molecule has 3 aromatic carbocycles. The highest BCUT2D eigenvalue weighted by molar-refractivity contribution is 7.23. The minimum Gasteiger partial charge on any atom is -0.265 e. The van der Waals surface area contributed by atoms with Crippen molar-refractivity contribution in [1.82, 2.24) is 19.4 Å². The van der Waals surface area contributed by atoms with Gasteiger partial charge in [-0.25, -0.2) is 15.0 Å². The van der Waals surface area contributed by atoms with Gasteiger partial charge in [0.15, 0.2) is 15.4 Å². The Kier molecular flexibility index (Phi) is 3.30. The summed E-state index contributed by atoms with van der Waals surface area (Å²) in [7, 11) is 0. The second kappa shape index (κ2) is 5.97. The van der Waals surface area contributed by atoms with Crippen LogP contribution in [-0.2, 0) is 0 Å². The number of nitrogens with zero attached hydrogens (tertiary/aromatic N) is 4. The van der Waals surface area contributed by atoms with Gasteiger partial charge in [-0.1, -0.05) is 84.1 Å². The first-order chi connectivity index (χ1) is 13.9. The van der Waals surface area contributed by atoms with Crippen LogP contribution in [0.1, 0.15) is 0 Å². The van der Waals surface area contributed by atoms with Gasteiger partial charge in [0.05, 0.1) is 22.4 Å². The van der Waals surface area contributed by atoms with E-state index in [0.717, 1.165) is 49.0 Å². The first kappa shape index (κ1) is 15.5. The average Bonchev–Trinajstić information content (AvgIpc) is 3.29. The van der Waals surface area contributed by atoms with E-state index in [1.165, 1.54) is 0 Å². The van der Waals surface area contributed by atoms with Crippen LogP contribution in [0.4, 0.5) is 0 Å². The highest BCUT2D eigenvalue weighted by Crippen LogP contribution is 2.37. The lowest BCUT2D eigenvalue weighted by atomic mass is 10.1. The Hall–Kier alpha value is -3.57. The monoisotopic (exact) mass is 378 g/mol. The standard InChI is InChI=1S/C23H14N4S/c1-3-9-15(10-4-1)19-20(16-11-5-2-6-12-16)27-21-22(28-23(27)26-19)25-18-14-8-7-13-17(18)24-21/h1-14H. The van der Waals surface area contributed by atoms with Crippen LogP contribution < -0.4 is 0 Å². The Bertz CT molecular complexity index is 1450. The molecule has 6 aromatic rings. The zero-order valence-electron chi connectivity index (χ0n) is 14.8. The summed E-state index contributed by atoms with van der Waals surface area (Å²) >= 11 is 1.58. The van der Waals surface area contributed by atoms with Crippen LogP contribution in [0.25, 0.3) is 49.0 Å². The molecule has 0 N–H and O–H groups in total. The van der Waals surface area contributed by atoms with Crippen LogP contribution in [0.2, 0.25) is 0 Å². The maximum Gasteiger partial charge on any atom is 0.198 e. The molecule has 0 aliphatic heterocycles. The molecule has 132 valence electrons. The second-order valence-electron chi connectivity index (χ2n) is 6.60. The van der Waals surface area contributed by atoms with Gasteiger partial charge < -0.3 is 0 Å². The molecule has 0 radical (unpaired) electrons. The van der Waals surface area contributed by atoms with Crippen molar-refractivity contribution in [2.24, 2.45) is 0 Å². The Morgan fingerprint density at radius 3 is 1.93 bits per heavy atom. The van der Waals surface area contributed by atoms with Crippen LogP contribution in [0, 0.1) is 0 Å². The molecule has 4 nitrogen and oxygen atoms in total. The van der Waals surface area contributed by atoms with Gasteiger partial charge >= 0.3 is 0 Å². The zero-order valence-corrected chi connectivity index (χ0v) is 15.6. The molecule has 3 heterocycles. The Morgan fingerprint density at radius 1 is 0.607 bits per heavy atom. The van der Waals surface area contributed by atoms with E-state index < -0.39 is 0 Å². The lowest BCUT2D eigenvalue weighted by Crippen LogP contribution is -1.92. The summed E-state index contributed by atoms with van der Waals surface area (Å²) in [5.41, 5.74) is 6.88. The van der Waals surface area contributed by atoms with Crippen LogP contribution in [-0.4, -0.2) is 19.4 Å². The molecule has 0 saturated carbocycles.